The predicted molar refractivity (Wildman–Crippen MR) is 71.0 cm³/mol. The fraction of sp³-hybridized carbons (Fsp3) is 0.286. The van der Waals surface area contributed by atoms with Crippen LogP contribution in [0.25, 0.3) is 0 Å². The van der Waals surface area contributed by atoms with Crippen LogP contribution in [0.3, 0.4) is 0 Å². The van der Waals surface area contributed by atoms with Gasteiger partial charge in [0.25, 0.3) is 5.56 Å². The average molecular weight is 230 g/mol. The molecule has 0 unspecified atom stereocenters. The summed E-state index contributed by atoms with van der Waals surface area (Å²) in [5, 5.41) is 0. The van der Waals surface area contributed by atoms with E-state index in [0.717, 1.165) is 12.0 Å². The van der Waals surface area contributed by atoms with Crippen LogP contribution in [0.2, 0.25) is 0 Å². The van der Waals surface area contributed by atoms with Crippen molar-refractivity contribution in [2.45, 2.75) is 26.7 Å². The van der Waals surface area contributed by atoms with Gasteiger partial charge in [0, 0.05) is 11.8 Å². The minimum atomic E-state index is -0.0530. The molecule has 0 aromatic carbocycles. The van der Waals surface area contributed by atoms with Gasteiger partial charge in [0.15, 0.2) is 0 Å². The largest absolute Gasteiger partial charge is 0.311 e. The van der Waals surface area contributed by atoms with E-state index >= 15 is 0 Å². The average Bonchev–Trinajstić information content (AvgIpc) is 2.28. The zero-order valence-corrected chi connectivity index (χ0v) is 10.4. The SMILES string of the molecule is C=C(/C=C\C=C/C)CCc1cnc(C)[nH]c1=O. The summed E-state index contributed by atoms with van der Waals surface area (Å²) in [5.74, 6) is 0.644. The summed E-state index contributed by atoms with van der Waals surface area (Å²) in [5.41, 5.74) is 1.65. The first kappa shape index (κ1) is 13.2. The maximum absolute atomic E-state index is 11.6. The highest BCUT2D eigenvalue weighted by Gasteiger charge is 2.00. The molecule has 17 heavy (non-hydrogen) atoms. The molecule has 0 radical (unpaired) electrons. The number of aryl methyl sites for hydroxylation is 2. The highest BCUT2D eigenvalue weighted by atomic mass is 16.1. The summed E-state index contributed by atoms with van der Waals surface area (Å²) in [4.78, 5) is 18.3. The number of aromatic nitrogens is 2. The van der Waals surface area contributed by atoms with E-state index in [1.165, 1.54) is 0 Å². The van der Waals surface area contributed by atoms with Crippen molar-refractivity contribution in [3.63, 3.8) is 0 Å². The first-order valence-corrected chi connectivity index (χ1v) is 5.65. The van der Waals surface area contributed by atoms with E-state index in [1.54, 1.807) is 13.1 Å². The first-order chi connectivity index (χ1) is 8.13. The molecule has 1 heterocycles. The highest BCUT2D eigenvalue weighted by Crippen LogP contribution is 2.05. The summed E-state index contributed by atoms with van der Waals surface area (Å²) >= 11 is 0. The van der Waals surface area contributed by atoms with Crippen LogP contribution in [0.4, 0.5) is 0 Å². The third-order valence-electron chi connectivity index (χ3n) is 2.35. The van der Waals surface area contributed by atoms with E-state index in [9.17, 15) is 4.79 Å². The quantitative estimate of drug-likeness (QED) is 0.790. The molecule has 1 aromatic rings. The minimum absolute atomic E-state index is 0.0530. The van der Waals surface area contributed by atoms with Gasteiger partial charge < -0.3 is 4.98 Å². The summed E-state index contributed by atoms with van der Waals surface area (Å²) in [6.45, 7) is 7.67. The van der Waals surface area contributed by atoms with Gasteiger partial charge in [0.05, 0.1) is 0 Å². The highest BCUT2D eigenvalue weighted by molar-refractivity contribution is 5.20. The maximum atomic E-state index is 11.6. The Balaban J connectivity index is 2.56. The molecule has 0 fully saturated rings. The lowest BCUT2D eigenvalue weighted by Gasteiger charge is -2.00. The molecule has 1 aromatic heterocycles. The van der Waals surface area contributed by atoms with Crippen LogP contribution in [0, 0.1) is 6.92 Å². The molecule has 0 amide bonds. The van der Waals surface area contributed by atoms with Crippen LogP contribution in [0.1, 0.15) is 24.7 Å². The molecule has 0 saturated heterocycles. The monoisotopic (exact) mass is 230 g/mol. The zero-order chi connectivity index (χ0) is 12.7. The van der Waals surface area contributed by atoms with Gasteiger partial charge in [-0.1, -0.05) is 36.5 Å². The molecule has 1 N–H and O–H groups in total. The number of rotatable bonds is 5. The molecule has 0 saturated carbocycles. The third kappa shape index (κ3) is 4.64. The van der Waals surface area contributed by atoms with E-state index in [2.05, 4.69) is 16.5 Å². The second-order valence-corrected chi connectivity index (χ2v) is 3.87. The Hall–Kier alpha value is -1.90. The smallest absolute Gasteiger partial charge is 0.254 e. The molecule has 0 atom stereocenters. The lowest BCUT2D eigenvalue weighted by atomic mass is 10.1. The van der Waals surface area contributed by atoms with Crippen LogP contribution in [-0.2, 0) is 6.42 Å². The van der Waals surface area contributed by atoms with Crippen molar-refractivity contribution < 1.29 is 0 Å². The summed E-state index contributed by atoms with van der Waals surface area (Å²) in [7, 11) is 0. The molecule has 90 valence electrons. The molecule has 0 aliphatic rings. The molecular weight excluding hydrogens is 212 g/mol. The Kier molecular flexibility index (Phi) is 5.14. The number of aromatic amines is 1. The lowest BCUT2D eigenvalue weighted by molar-refractivity contribution is 0.898. The first-order valence-electron chi connectivity index (χ1n) is 5.65. The summed E-state index contributed by atoms with van der Waals surface area (Å²) in [6, 6.07) is 0. The van der Waals surface area contributed by atoms with Crippen molar-refractivity contribution in [2.24, 2.45) is 0 Å². The van der Waals surface area contributed by atoms with Gasteiger partial charge in [-0.05, 0) is 26.7 Å². The number of nitrogens with one attached hydrogen (secondary N) is 1. The summed E-state index contributed by atoms with van der Waals surface area (Å²) < 4.78 is 0. The van der Waals surface area contributed by atoms with Crippen molar-refractivity contribution in [2.75, 3.05) is 0 Å². The lowest BCUT2D eigenvalue weighted by Crippen LogP contribution is -2.14. The van der Waals surface area contributed by atoms with Crippen LogP contribution in [-0.4, -0.2) is 9.97 Å². The standard InChI is InChI=1S/C14H18N2O/c1-4-5-6-7-11(2)8-9-13-10-15-12(3)16-14(13)17/h4-7,10H,2,8-9H2,1,3H3,(H,15,16,17)/b5-4-,7-6-. The van der Waals surface area contributed by atoms with Crippen LogP contribution >= 0.6 is 0 Å². The van der Waals surface area contributed by atoms with Crippen molar-refractivity contribution in [3.8, 4) is 0 Å². The van der Waals surface area contributed by atoms with Crippen LogP contribution < -0.4 is 5.56 Å². The van der Waals surface area contributed by atoms with Gasteiger partial charge in [-0.2, -0.15) is 0 Å². The molecule has 3 nitrogen and oxygen atoms in total. The van der Waals surface area contributed by atoms with Crippen LogP contribution in [0.5, 0.6) is 0 Å². The molecule has 3 heteroatoms. The van der Waals surface area contributed by atoms with Gasteiger partial charge in [-0.25, -0.2) is 4.98 Å². The van der Waals surface area contributed by atoms with Crippen LogP contribution in [0.15, 0.2) is 47.4 Å². The van der Waals surface area contributed by atoms with Gasteiger partial charge in [-0.15, -0.1) is 0 Å². The zero-order valence-electron chi connectivity index (χ0n) is 10.4. The number of hydrogen-bond acceptors (Lipinski definition) is 2. The molecule has 0 bridgehead atoms. The third-order valence-corrected chi connectivity index (χ3v) is 2.35. The van der Waals surface area contributed by atoms with Crippen molar-refractivity contribution in [1.82, 2.24) is 9.97 Å². The Labute approximate surface area is 102 Å². The van der Waals surface area contributed by atoms with Gasteiger partial charge in [-0.3, -0.25) is 4.79 Å². The van der Waals surface area contributed by atoms with E-state index in [0.29, 0.717) is 17.8 Å². The van der Waals surface area contributed by atoms with Crippen molar-refractivity contribution in [3.05, 3.63) is 64.4 Å². The Morgan fingerprint density at radius 3 is 2.94 bits per heavy atom. The topological polar surface area (TPSA) is 45.8 Å². The summed E-state index contributed by atoms with van der Waals surface area (Å²) in [6.07, 6.45) is 10.9. The minimum Gasteiger partial charge on any atom is -0.311 e. The number of nitrogens with zero attached hydrogens (tertiary/aromatic N) is 1. The van der Waals surface area contributed by atoms with Gasteiger partial charge >= 0.3 is 0 Å². The van der Waals surface area contributed by atoms with Crippen molar-refractivity contribution >= 4 is 0 Å². The second-order valence-electron chi connectivity index (χ2n) is 3.87. The van der Waals surface area contributed by atoms with E-state index < -0.39 is 0 Å². The van der Waals surface area contributed by atoms with Crippen molar-refractivity contribution in [1.29, 1.82) is 0 Å². The molecule has 0 spiro atoms. The number of allylic oxidation sites excluding steroid dienone is 5. The molecule has 0 aliphatic carbocycles. The van der Waals surface area contributed by atoms with E-state index in [4.69, 9.17) is 0 Å². The van der Waals surface area contributed by atoms with Gasteiger partial charge in [0.1, 0.15) is 5.82 Å². The Morgan fingerprint density at radius 1 is 1.53 bits per heavy atom. The molecule has 1 rings (SSSR count). The predicted octanol–water partition coefficient (Wildman–Crippen LogP) is 2.70. The Bertz CT molecular complexity index is 495. The molecular formula is C14H18N2O. The fourth-order valence-corrected chi connectivity index (χ4v) is 1.37. The number of H-pyrrole nitrogens is 1. The normalized spacial score (nSPS) is 11.4. The molecule has 0 aliphatic heterocycles. The van der Waals surface area contributed by atoms with E-state index in [1.807, 2.05) is 31.2 Å². The second kappa shape index (κ2) is 6.63. The number of hydrogen-bond donors (Lipinski definition) is 1. The fourth-order valence-electron chi connectivity index (χ4n) is 1.37. The van der Waals surface area contributed by atoms with E-state index in [-0.39, 0.29) is 5.56 Å². The maximum Gasteiger partial charge on any atom is 0.254 e. The van der Waals surface area contributed by atoms with Gasteiger partial charge in [0.2, 0.25) is 0 Å². The Morgan fingerprint density at radius 2 is 2.29 bits per heavy atom.